The molecule has 0 atom stereocenters. The fourth-order valence-electron chi connectivity index (χ4n) is 1.90. The molecule has 0 aromatic carbocycles. The molecule has 8 heteroatoms. The van der Waals surface area contributed by atoms with Crippen LogP contribution in [0.15, 0.2) is 49.1 Å². The third kappa shape index (κ3) is 2.37. The number of hydrogen-bond acceptors (Lipinski definition) is 6. The van der Waals surface area contributed by atoms with E-state index in [4.69, 9.17) is 0 Å². The summed E-state index contributed by atoms with van der Waals surface area (Å²) < 4.78 is 1.75. The molecule has 0 aliphatic rings. The Bertz CT molecular complexity index is 858. The molecular formula is C13H9ClN6S. The Morgan fingerprint density at radius 1 is 0.905 bits per heavy atom. The molecule has 0 radical (unpaired) electrons. The summed E-state index contributed by atoms with van der Waals surface area (Å²) in [6.45, 7) is 0. The minimum Gasteiger partial charge on any atom is -0.265 e. The zero-order valence-electron chi connectivity index (χ0n) is 10.6. The van der Waals surface area contributed by atoms with Crippen LogP contribution >= 0.6 is 23.7 Å². The molecule has 0 N–H and O–H groups in total. The van der Waals surface area contributed by atoms with E-state index in [2.05, 4.69) is 25.3 Å². The van der Waals surface area contributed by atoms with Crippen LogP contribution in [0.5, 0.6) is 0 Å². The Morgan fingerprint density at radius 3 is 2.52 bits per heavy atom. The summed E-state index contributed by atoms with van der Waals surface area (Å²) in [5, 5.41) is 13.8. The second kappa shape index (κ2) is 5.55. The van der Waals surface area contributed by atoms with Crippen LogP contribution in [0.3, 0.4) is 0 Å². The van der Waals surface area contributed by atoms with Gasteiger partial charge < -0.3 is 0 Å². The van der Waals surface area contributed by atoms with Crippen molar-refractivity contribution in [1.29, 1.82) is 0 Å². The van der Waals surface area contributed by atoms with E-state index in [1.54, 1.807) is 29.3 Å². The van der Waals surface area contributed by atoms with Crippen molar-refractivity contribution in [3.05, 3.63) is 49.1 Å². The summed E-state index contributed by atoms with van der Waals surface area (Å²) in [7, 11) is 0. The molecule has 0 saturated heterocycles. The Labute approximate surface area is 129 Å². The molecule has 104 valence electrons. The van der Waals surface area contributed by atoms with Gasteiger partial charge in [-0.1, -0.05) is 11.3 Å². The fourth-order valence-corrected chi connectivity index (χ4v) is 2.75. The van der Waals surface area contributed by atoms with Gasteiger partial charge in [0.25, 0.3) is 0 Å². The lowest BCUT2D eigenvalue weighted by molar-refractivity contribution is 0.968. The monoisotopic (exact) mass is 316 g/mol. The van der Waals surface area contributed by atoms with Gasteiger partial charge in [0.15, 0.2) is 5.82 Å². The molecule has 0 bridgehead atoms. The molecule has 4 aromatic rings. The Hall–Kier alpha value is -2.38. The van der Waals surface area contributed by atoms with Gasteiger partial charge in [0.2, 0.25) is 4.96 Å². The Morgan fingerprint density at radius 2 is 1.76 bits per heavy atom. The van der Waals surface area contributed by atoms with Crippen LogP contribution in [-0.4, -0.2) is 29.8 Å². The van der Waals surface area contributed by atoms with Crippen molar-refractivity contribution >= 4 is 28.7 Å². The van der Waals surface area contributed by atoms with Gasteiger partial charge in [-0.2, -0.15) is 9.61 Å². The standard InChI is InChI=1S/C13H8N6S.ClH/c1-2-10(8-15-5-1)11-16-17-13-19(11)18-12(20-13)9-3-6-14-7-4-9;/h1-8H;1H. The summed E-state index contributed by atoms with van der Waals surface area (Å²) in [6.07, 6.45) is 6.98. The summed E-state index contributed by atoms with van der Waals surface area (Å²) in [5.74, 6) is 0.699. The molecule has 0 aliphatic heterocycles. The van der Waals surface area contributed by atoms with Crippen molar-refractivity contribution in [3.8, 4) is 22.0 Å². The first-order valence-corrected chi connectivity index (χ1v) is 6.76. The highest BCUT2D eigenvalue weighted by molar-refractivity contribution is 7.19. The number of rotatable bonds is 2. The minimum absolute atomic E-state index is 0. The largest absolute Gasteiger partial charge is 0.265 e. The van der Waals surface area contributed by atoms with E-state index in [1.165, 1.54) is 11.3 Å². The van der Waals surface area contributed by atoms with Gasteiger partial charge >= 0.3 is 0 Å². The van der Waals surface area contributed by atoms with E-state index in [0.717, 1.165) is 21.1 Å². The average molecular weight is 317 g/mol. The Kier molecular flexibility index (Phi) is 3.59. The highest BCUT2D eigenvalue weighted by Gasteiger charge is 2.14. The summed E-state index contributed by atoms with van der Waals surface area (Å²) in [4.78, 5) is 8.87. The van der Waals surface area contributed by atoms with Crippen LogP contribution in [0.4, 0.5) is 0 Å². The smallest absolute Gasteiger partial charge is 0.235 e. The van der Waals surface area contributed by atoms with Crippen LogP contribution < -0.4 is 0 Å². The molecular weight excluding hydrogens is 308 g/mol. The predicted molar refractivity (Wildman–Crippen MR) is 82.4 cm³/mol. The second-order valence-corrected chi connectivity index (χ2v) is 5.06. The third-order valence-corrected chi connectivity index (χ3v) is 3.79. The van der Waals surface area contributed by atoms with Crippen molar-refractivity contribution < 1.29 is 0 Å². The van der Waals surface area contributed by atoms with Gasteiger partial charge in [0.05, 0.1) is 0 Å². The van der Waals surface area contributed by atoms with Gasteiger partial charge in [0, 0.05) is 35.9 Å². The number of halogens is 1. The van der Waals surface area contributed by atoms with Crippen molar-refractivity contribution in [2.45, 2.75) is 0 Å². The molecule has 21 heavy (non-hydrogen) atoms. The maximum Gasteiger partial charge on any atom is 0.235 e. The molecule has 0 amide bonds. The summed E-state index contributed by atoms with van der Waals surface area (Å²) in [6, 6.07) is 7.66. The van der Waals surface area contributed by atoms with Gasteiger partial charge in [0.1, 0.15) is 5.01 Å². The Balaban J connectivity index is 0.00000132. The second-order valence-electron chi connectivity index (χ2n) is 4.10. The molecule has 6 nitrogen and oxygen atoms in total. The molecule has 4 rings (SSSR count). The molecule has 0 aliphatic carbocycles. The number of aromatic nitrogens is 6. The number of nitrogens with zero attached hydrogens (tertiary/aromatic N) is 6. The first-order valence-electron chi connectivity index (χ1n) is 5.95. The SMILES string of the molecule is Cl.c1cncc(-c2nnc3sc(-c4ccncc4)nn23)c1. The number of pyridine rings is 2. The normalized spacial score (nSPS) is 10.5. The van der Waals surface area contributed by atoms with Crippen LogP contribution in [-0.2, 0) is 0 Å². The summed E-state index contributed by atoms with van der Waals surface area (Å²) in [5.41, 5.74) is 1.92. The van der Waals surface area contributed by atoms with Crippen LogP contribution in [0.25, 0.3) is 26.9 Å². The maximum atomic E-state index is 4.57. The number of fused-ring (bicyclic) bond motifs is 1. The zero-order valence-corrected chi connectivity index (χ0v) is 12.3. The van der Waals surface area contributed by atoms with Gasteiger partial charge in [-0.05, 0) is 24.3 Å². The molecule has 0 fully saturated rings. The van der Waals surface area contributed by atoms with Crippen LogP contribution in [0.1, 0.15) is 0 Å². The van der Waals surface area contributed by atoms with E-state index < -0.39 is 0 Å². The van der Waals surface area contributed by atoms with Crippen molar-refractivity contribution in [3.63, 3.8) is 0 Å². The highest BCUT2D eigenvalue weighted by Crippen LogP contribution is 2.27. The quantitative estimate of drug-likeness (QED) is 0.569. The molecule has 0 spiro atoms. The highest BCUT2D eigenvalue weighted by atomic mass is 35.5. The minimum atomic E-state index is 0. The van der Waals surface area contributed by atoms with E-state index >= 15 is 0 Å². The molecule has 4 aromatic heterocycles. The first kappa shape index (κ1) is 13.6. The average Bonchev–Trinajstić information content (AvgIpc) is 3.09. The van der Waals surface area contributed by atoms with E-state index in [1.807, 2.05) is 24.3 Å². The molecule has 0 unspecified atom stereocenters. The van der Waals surface area contributed by atoms with E-state index in [9.17, 15) is 0 Å². The lowest BCUT2D eigenvalue weighted by atomic mass is 10.3. The van der Waals surface area contributed by atoms with Gasteiger partial charge in [-0.25, -0.2) is 0 Å². The van der Waals surface area contributed by atoms with Gasteiger partial charge in [-0.15, -0.1) is 22.6 Å². The third-order valence-electron chi connectivity index (χ3n) is 2.84. The lowest BCUT2D eigenvalue weighted by Crippen LogP contribution is -1.91. The lowest BCUT2D eigenvalue weighted by Gasteiger charge is -1.95. The maximum absolute atomic E-state index is 4.57. The molecule has 4 heterocycles. The number of hydrogen-bond donors (Lipinski definition) is 0. The zero-order chi connectivity index (χ0) is 13.4. The van der Waals surface area contributed by atoms with E-state index in [-0.39, 0.29) is 12.4 Å². The van der Waals surface area contributed by atoms with Crippen LogP contribution in [0.2, 0.25) is 0 Å². The topological polar surface area (TPSA) is 68.9 Å². The van der Waals surface area contributed by atoms with Crippen molar-refractivity contribution in [1.82, 2.24) is 29.8 Å². The van der Waals surface area contributed by atoms with Crippen LogP contribution in [0, 0.1) is 0 Å². The predicted octanol–water partition coefficient (Wildman–Crippen LogP) is 2.73. The summed E-state index contributed by atoms with van der Waals surface area (Å²) >= 11 is 1.50. The fraction of sp³-hybridized carbons (Fsp3) is 0. The molecule has 0 saturated carbocycles. The van der Waals surface area contributed by atoms with Crippen molar-refractivity contribution in [2.24, 2.45) is 0 Å². The van der Waals surface area contributed by atoms with Gasteiger partial charge in [-0.3, -0.25) is 9.97 Å². The van der Waals surface area contributed by atoms with Crippen molar-refractivity contribution in [2.75, 3.05) is 0 Å². The first-order chi connectivity index (χ1) is 9.92. The van der Waals surface area contributed by atoms with E-state index in [0.29, 0.717) is 5.82 Å².